The Labute approximate surface area is 126 Å². The highest BCUT2D eigenvalue weighted by atomic mass is 32.2. The molecule has 0 bridgehead atoms. The van der Waals surface area contributed by atoms with Crippen LogP contribution in [0.4, 0.5) is 0 Å². The van der Waals surface area contributed by atoms with Crippen LogP contribution >= 0.6 is 11.8 Å². The van der Waals surface area contributed by atoms with E-state index < -0.39 is 0 Å². The lowest BCUT2D eigenvalue weighted by atomic mass is 10.2. The molecule has 0 atom stereocenters. The van der Waals surface area contributed by atoms with Gasteiger partial charge in [-0.05, 0) is 24.6 Å². The summed E-state index contributed by atoms with van der Waals surface area (Å²) in [5.74, 6) is 2.58. The Hall–Kier alpha value is -1.48. The average molecular weight is 289 g/mol. The lowest BCUT2D eigenvalue weighted by Crippen LogP contribution is -1.90. The molecule has 2 nitrogen and oxygen atoms in total. The van der Waals surface area contributed by atoms with Crippen molar-refractivity contribution in [1.82, 2.24) is 4.98 Å². The van der Waals surface area contributed by atoms with Gasteiger partial charge in [0.2, 0.25) is 5.88 Å². The van der Waals surface area contributed by atoms with Gasteiger partial charge in [0.25, 0.3) is 0 Å². The molecule has 1 aromatic carbocycles. The molecular weight excluding hydrogens is 266 g/mol. The Morgan fingerprint density at radius 1 is 1.10 bits per heavy atom. The number of pyridine rings is 1. The zero-order valence-corrected chi connectivity index (χ0v) is 13.8. The molecule has 2 aromatic rings. The molecule has 0 saturated carbocycles. The largest absolute Gasteiger partial charge is 0.438 e. The maximum absolute atomic E-state index is 5.83. The van der Waals surface area contributed by atoms with Crippen LogP contribution in [0.2, 0.25) is 0 Å². The number of rotatable bonds is 0. The van der Waals surface area contributed by atoms with E-state index in [0.29, 0.717) is 0 Å². The molecule has 0 saturated heterocycles. The molecule has 3 rings (SSSR count). The molecule has 0 radical (unpaired) electrons. The number of thioether (sulfide) groups is 1. The molecule has 0 fully saturated rings. The minimum absolute atomic E-state index is 0.723. The minimum atomic E-state index is 0.723. The second-order valence-electron chi connectivity index (χ2n) is 3.81. The Balaban J connectivity index is 0.000000461. The predicted molar refractivity (Wildman–Crippen MR) is 87.7 cm³/mol. The molecule has 1 aliphatic rings. The molecule has 0 aliphatic carbocycles. The number of fused-ring (bicyclic) bond motifs is 2. The normalized spacial score (nSPS) is 11.2. The molecule has 1 aromatic heterocycles. The van der Waals surface area contributed by atoms with Crippen molar-refractivity contribution >= 4 is 11.8 Å². The van der Waals surface area contributed by atoms with Crippen LogP contribution in [-0.2, 0) is 5.75 Å². The molecule has 1 aliphatic heterocycles. The first-order valence-corrected chi connectivity index (χ1v) is 8.17. The first-order valence-electron chi connectivity index (χ1n) is 7.18. The zero-order valence-electron chi connectivity index (χ0n) is 12.9. The molecular formula is C17H23NOS. The summed E-state index contributed by atoms with van der Waals surface area (Å²) >= 11 is 1.78. The van der Waals surface area contributed by atoms with E-state index in [0.717, 1.165) is 22.3 Å². The highest BCUT2D eigenvalue weighted by Gasteiger charge is 2.15. The summed E-state index contributed by atoms with van der Waals surface area (Å²) in [4.78, 5) is 5.46. The second kappa shape index (κ2) is 8.64. The van der Waals surface area contributed by atoms with Crippen molar-refractivity contribution in [3.8, 4) is 11.6 Å². The van der Waals surface area contributed by atoms with E-state index in [-0.39, 0.29) is 0 Å². The summed E-state index contributed by atoms with van der Waals surface area (Å²) in [6.07, 6.45) is 1.84. The first kappa shape index (κ1) is 16.6. The molecule has 20 heavy (non-hydrogen) atoms. The molecule has 0 spiro atoms. The molecule has 0 unspecified atom stereocenters. The van der Waals surface area contributed by atoms with E-state index in [4.69, 9.17) is 4.74 Å². The summed E-state index contributed by atoms with van der Waals surface area (Å²) < 4.78 is 5.83. The fraction of sp³-hybridized carbons (Fsp3) is 0.353. The SMILES string of the molecule is CC.CC.Cc1cnc2c(c1)SCc1ccccc1O2. The highest BCUT2D eigenvalue weighted by Crippen LogP contribution is 2.39. The van der Waals surface area contributed by atoms with Crippen molar-refractivity contribution in [2.45, 2.75) is 45.3 Å². The van der Waals surface area contributed by atoms with E-state index in [1.165, 1.54) is 11.1 Å². The van der Waals surface area contributed by atoms with Crippen LogP contribution in [0.25, 0.3) is 0 Å². The van der Waals surface area contributed by atoms with Gasteiger partial charge in [0, 0.05) is 17.5 Å². The van der Waals surface area contributed by atoms with Crippen LogP contribution in [0.1, 0.15) is 38.8 Å². The second-order valence-corrected chi connectivity index (χ2v) is 4.83. The molecule has 3 heteroatoms. The predicted octanol–water partition coefficient (Wildman–Crippen LogP) is 5.84. The number of benzene rings is 1. The van der Waals surface area contributed by atoms with Gasteiger partial charge in [0.05, 0.1) is 4.90 Å². The standard InChI is InChI=1S/C13H11NOS.2C2H6/c1-9-6-12-13(14-7-9)15-11-5-3-2-4-10(11)8-16-12;2*1-2/h2-7H,8H2,1H3;2*1-2H3. The molecule has 2 heterocycles. The van der Waals surface area contributed by atoms with Crippen molar-refractivity contribution in [3.63, 3.8) is 0 Å². The van der Waals surface area contributed by atoms with Gasteiger partial charge in [-0.1, -0.05) is 45.9 Å². The first-order chi connectivity index (χ1) is 9.83. The van der Waals surface area contributed by atoms with E-state index >= 15 is 0 Å². The fourth-order valence-electron chi connectivity index (χ4n) is 1.69. The number of aryl methyl sites for hydroxylation is 1. The quantitative estimate of drug-likeness (QED) is 0.608. The van der Waals surface area contributed by atoms with Gasteiger partial charge in [0.15, 0.2) is 0 Å². The Kier molecular flexibility index (Phi) is 7.16. The summed E-state index contributed by atoms with van der Waals surface area (Å²) in [7, 11) is 0. The van der Waals surface area contributed by atoms with Crippen molar-refractivity contribution < 1.29 is 4.74 Å². The van der Waals surface area contributed by atoms with E-state index in [1.807, 2.05) is 59.0 Å². The summed E-state index contributed by atoms with van der Waals surface area (Å²) in [5, 5.41) is 0. The van der Waals surface area contributed by atoms with Crippen molar-refractivity contribution in [2.75, 3.05) is 0 Å². The summed E-state index contributed by atoms with van der Waals surface area (Å²) in [6, 6.07) is 10.2. The van der Waals surface area contributed by atoms with Crippen molar-refractivity contribution in [2.24, 2.45) is 0 Å². The number of ether oxygens (including phenoxy) is 1. The lowest BCUT2D eigenvalue weighted by Gasteiger charge is -2.06. The Morgan fingerprint density at radius 2 is 1.80 bits per heavy atom. The number of hydrogen-bond donors (Lipinski definition) is 0. The topological polar surface area (TPSA) is 22.1 Å². The van der Waals surface area contributed by atoms with Gasteiger partial charge in [-0.15, -0.1) is 11.8 Å². The summed E-state index contributed by atoms with van der Waals surface area (Å²) in [5.41, 5.74) is 2.39. The van der Waals surface area contributed by atoms with Gasteiger partial charge in [-0.25, -0.2) is 4.98 Å². The van der Waals surface area contributed by atoms with Gasteiger partial charge >= 0.3 is 0 Å². The Bertz CT molecular complexity index is 540. The minimum Gasteiger partial charge on any atom is -0.438 e. The monoisotopic (exact) mass is 289 g/mol. The highest BCUT2D eigenvalue weighted by molar-refractivity contribution is 7.98. The number of para-hydroxylation sites is 1. The zero-order chi connectivity index (χ0) is 15.0. The van der Waals surface area contributed by atoms with Gasteiger partial charge in [-0.2, -0.15) is 0 Å². The smallest absolute Gasteiger partial charge is 0.232 e. The summed E-state index contributed by atoms with van der Waals surface area (Å²) in [6.45, 7) is 10.0. The van der Waals surface area contributed by atoms with Crippen molar-refractivity contribution in [1.29, 1.82) is 0 Å². The van der Waals surface area contributed by atoms with Crippen LogP contribution in [0, 0.1) is 6.92 Å². The van der Waals surface area contributed by atoms with E-state index in [1.54, 1.807) is 11.8 Å². The number of nitrogens with zero attached hydrogens (tertiary/aromatic N) is 1. The van der Waals surface area contributed by atoms with Gasteiger partial charge in [-0.3, -0.25) is 0 Å². The maximum Gasteiger partial charge on any atom is 0.232 e. The van der Waals surface area contributed by atoms with E-state index in [9.17, 15) is 0 Å². The third kappa shape index (κ3) is 4.01. The number of aromatic nitrogens is 1. The number of hydrogen-bond acceptors (Lipinski definition) is 3. The van der Waals surface area contributed by atoms with Crippen LogP contribution in [0.3, 0.4) is 0 Å². The lowest BCUT2D eigenvalue weighted by molar-refractivity contribution is 0.449. The maximum atomic E-state index is 5.83. The third-order valence-electron chi connectivity index (χ3n) is 2.52. The van der Waals surface area contributed by atoms with Crippen LogP contribution in [0.5, 0.6) is 11.6 Å². The Morgan fingerprint density at radius 3 is 2.55 bits per heavy atom. The molecule has 0 N–H and O–H groups in total. The van der Waals surface area contributed by atoms with Crippen molar-refractivity contribution in [3.05, 3.63) is 47.7 Å². The van der Waals surface area contributed by atoms with Crippen LogP contribution < -0.4 is 4.74 Å². The third-order valence-corrected chi connectivity index (χ3v) is 3.58. The molecule has 108 valence electrons. The average Bonchev–Trinajstić information content (AvgIpc) is 2.70. The fourth-order valence-corrected chi connectivity index (χ4v) is 2.73. The van der Waals surface area contributed by atoms with E-state index in [2.05, 4.69) is 17.1 Å². The molecule has 0 amide bonds. The van der Waals surface area contributed by atoms with Crippen LogP contribution in [0.15, 0.2) is 41.4 Å². The van der Waals surface area contributed by atoms with Crippen LogP contribution in [-0.4, -0.2) is 4.98 Å². The van der Waals surface area contributed by atoms with Gasteiger partial charge < -0.3 is 4.74 Å². The van der Waals surface area contributed by atoms with Gasteiger partial charge in [0.1, 0.15) is 5.75 Å².